The SMILES string of the molecule is Cc1nc(Cl)ccc1NC1CCCCC1C1CCCCN1. The van der Waals surface area contributed by atoms with E-state index in [9.17, 15) is 0 Å². The molecule has 1 aliphatic heterocycles. The van der Waals surface area contributed by atoms with Crippen molar-refractivity contribution in [1.82, 2.24) is 10.3 Å². The van der Waals surface area contributed by atoms with Crippen molar-refractivity contribution in [3.63, 3.8) is 0 Å². The maximum atomic E-state index is 5.96. The number of aromatic nitrogens is 1. The Bertz CT molecular complexity index is 471. The minimum Gasteiger partial charge on any atom is -0.381 e. The molecule has 2 fully saturated rings. The third kappa shape index (κ3) is 3.70. The van der Waals surface area contributed by atoms with Crippen molar-refractivity contribution >= 4 is 17.3 Å². The molecule has 2 N–H and O–H groups in total. The van der Waals surface area contributed by atoms with E-state index in [1.54, 1.807) is 0 Å². The number of piperidine rings is 1. The quantitative estimate of drug-likeness (QED) is 0.823. The predicted octanol–water partition coefficient (Wildman–Crippen LogP) is 4.16. The standard InChI is InChI=1S/C17H26ClN3/c1-12-14(9-10-17(18)20-12)21-16-8-3-2-6-13(16)15-7-4-5-11-19-15/h9-10,13,15-16,19,21H,2-8,11H2,1H3. The molecular weight excluding hydrogens is 282 g/mol. The van der Waals surface area contributed by atoms with Crippen molar-refractivity contribution in [1.29, 1.82) is 0 Å². The molecule has 1 aromatic heterocycles. The molecule has 0 bridgehead atoms. The molecule has 1 aromatic rings. The molecule has 3 unspecified atom stereocenters. The first kappa shape index (κ1) is 15.1. The fourth-order valence-electron chi connectivity index (χ4n) is 3.95. The van der Waals surface area contributed by atoms with Crippen molar-refractivity contribution in [3.8, 4) is 0 Å². The fourth-order valence-corrected chi connectivity index (χ4v) is 4.14. The van der Waals surface area contributed by atoms with Crippen LogP contribution in [0.2, 0.25) is 5.15 Å². The highest BCUT2D eigenvalue weighted by Crippen LogP contribution is 2.33. The molecular formula is C17H26ClN3. The molecule has 21 heavy (non-hydrogen) atoms. The van der Waals surface area contributed by atoms with E-state index in [1.807, 2.05) is 13.0 Å². The highest BCUT2D eigenvalue weighted by Gasteiger charge is 2.32. The lowest BCUT2D eigenvalue weighted by atomic mass is 9.77. The number of nitrogens with zero attached hydrogens (tertiary/aromatic N) is 1. The zero-order valence-electron chi connectivity index (χ0n) is 12.9. The summed E-state index contributed by atoms with van der Waals surface area (Å²) in [5.74, 6) is 0.745. The monoisotopic (exact) mass is 307 g/mol. The van der Waals surface area contributed by atoms with Gasteiger partial charge in [0.25, 0.3) is 0 Å². The molecule has 0 radical (unpaired) electrons. The minimum absolute atomic E-state index is 0.566. The molecule has 0 amide bonds. The topological polar surface area (TPSA) is 37.0 Å². The number of hydrogen-bond donors (Lipinski definition) is 2. The predicted molar refractivity (Wildman–Crippen MR) is 89.0 cm³/mol. The molecule has 2 aliphatic rings. The first-order valence-corrected chi connectivity index (χ1v) is 8.75. The third-order valence-corrected chi connectivity index (χ3v) is 5.29. The molecule has 0 aromatic carbocycles. The Kier molecular flexibility index (Phi) is 5.02. The van der Waals surface area contributed by atoms with E-state index in [1.165, 1.54) is 51.5 Å². The number of rotatable bonds is 3. The van der Waals surface area contributed by atoms with Gasteiger partial charge < -0.3 is 10.6 Å². The smallest absolute Gasteiger partial charge is 0.129 e. The second kappa shape index (κ2) is 6.97. The van der Waals surface area contributed by atoms with Crippen LogP contribution in [0.25, 0.3) is 0 Å². The summed E-state index contributed by atoms with van der Waals surface area (Å²) in [6.07, 6.45) is 9.37. The average Bonchev–Trinajstić information content (AvgIpc) is 2.51. The van der Waals surface area contributed by atoms with E-state index in [4.69, 9.17) is 11.6 Å². The summed E-state index contributed by atoms with van der Waals surface area (Å²) in [6.45, 7) is 3.22. The largest absolute Gasteiger partial charge is 0.381 e. The van der Waals surface area contributed by atoms with Crippen LogP contribution in [0.4, 0.5) is 5.69 Å². The highest BCUT2D eigenvalue weighted by molar-refractivity contribution is 6.29. The number of nitrogens with one attached hydrogen (secondary N) is 2. The Labute approximate surface area is 132 Å². The van der Waals surface area contributed by atoms with Crippen LogP contribution in [-0.2, 0) is 0 Å². The number of halogens is 1. The van der Waals surface area contributed by atoms with Gasteiger partial charge in [0.2, 0.25) is 0 Å². The van der Waals surface area contributed by atoms with Crippen LogP contribution in [-0.4, -0.2) is 23.6 Å². The number of pyridine rings is 1. The van der Waals surface area contributed by atoms with Gasteiger partial charge in [-0.25, -0.2) is 4.98 Å². The summed E-state index contributed by atoms with van der Waals surface area (Å²) in [5.41, 5.74) is 2.15. The Balaban J connectivity index is 1.71. The van der Waals surface area contributed by atoms with Crippen LogP contribution in [0.15, 0.2) is 12.1 Å². The van der Waals surface area contributed by atoms with Crippen molar-refractivity contribution in [2.24, 2.45) is 5.92 Å². The van der Waals surface area contributed by atoms with Gasteiger partial charge in [0, 0.05) is 12.1 Å². The van der Waals surface area contributed by atoms with Crippen LogP contribution in [0, 0.1) is 12.8 Å². The lowest BCUT2D eigenvalue weighted by molar-refractivity contribution is 0.217. The fraction of sp³-hybridized carbons (Fsp3) is 0.706. The van der Waals surface area contributed by atoms with Crippen molar-refractivity contribution in [2.45, 2.75) is 64.0 Å². The summed E-state index contributed by atoms with van der Waals surface area (Å²) in [6, 6.07) is 5.21. The average molecular weight is 308 g/mol. The Morgan fingerprint density at radius 2 is 1.95 bits per heavy atom. The Morgan fingerprint density at radius 3 is 2.71 bits per heavy atom. The van der Waals surface area contributed by atoms with Crippen LogP contribution in [0.5, 0.6) is 0 Å². The lowest BCUT2D eigenvalue weighted by Crippen LogP contribution is -2.48. The van der Waals surface area contributed by atoms with Gasteiger partial charge >= 0.3 is 0 Å². The van der Waals surface area contributed by atoms with Crippen LogP contribution < -0.4 is 10.6 Å². The van der Waals surface area contributed by atoms with Gasteiger partial charge in [0.15, 0.2) is 0 Å². The first-order chi connectivity index (χ1) is 10.2. The molecule has 116 valence electrons. The van der Waals surface area contributed by atoms with Gasteiger partial charge in [0.05, 0.1) is 11.4 Å². The van der Waals surface area contributed by atoms with Gasteiger partial charge in [0.1, 0.15) is 5.15 Å². The van der Waals surface area contributed by atoms with Crippen molar-refractivity contribution < 1.29 is 0 Å². The molecule has 0 spiro atoms. The summed E-state index contributed by atoms with van der Waals surface area (Å²) in [7, 11) is 0. The Hall–Kier alpha value is -0.800. The molecule has 3 nitrogen and oxygen atoms in total. The second-order valence-corrected chi connectivity index (χ2v) is 6.91. The molecule has 1 aliphatic carbocycles. The summed E-state index contributed by atoms with van der Waals surface area (Å²) < 4.78 is 0. The van der Waals surface area contributed by atoms with E-state index < -0.39 is 0 Å². The van der Waals surface area contributed by atoms with E-state index in [2.05, 4.69) is 21.7 Å². The Morgan fingerprint density at radius 1 is 1.14 bits per heavy atom. The summed E-state index contributed by atoms with van der Waals surface area (Å²) >= 11 is 5.96. The first-order valence-electron chi connectivity index (χ1n) is 8.37. The van der Waals surface area contributed by atoms with Gasteiger partial charge in [-0.3, -0.25) is 0 Å². The maximum absolute atomic E-state index is 5.96. The van der Waals surface area contributed by atoms with E-state index in [0.717, 1.165) is 17.3 Å². The highest BCUT2D eigenvalue weighted by atomic mass is 35.5. The zero-order chi connectivity index (χ0) is 14.7. The molecule has 1 saturated carbocycles. The molecule has 2 heterocycles. The minimum atomic E-state index is 0.566. The number of aryl methyl sites for hydroxylation is 1. The normalized spacial score (nSPS) is 30.1. The van der Waals surface area contributed by atoms with E-state index in [0.29, 0.717) is 17.2 Å². The zero-order valence-corrected chi connectivity index (χ0v) is 13.6. The molecule has 3 rings (SSSR count). The van der Waals surface area contributed by atoms with Crippen LogP contribution >= 0.6 is 11.6 Å². The van der Waals surface area contributed by atoms with Crippen LogP contribution in [0.1, 0.15) is 50.6 Å². The number of anilines is 1. The summed E-state index contributed by atoms with van der Waals surface area (Å²) in [5, 5.41) is 8.09. The third-order valence-electron chi connectivity index (χ3n) is 5.08. The van der Waals surface area contributed by atoms with Gasteiger partial charge in [-0.15, -0.1) is 0 Å². The van der Waals surface area contributed by atoms with Gasteiger partial charge in [-0.1, -0.05) is 30.9 Å². The second-order valence-electron chi connectivity index (χ2n) is 6.52. The number of hydrogen-bond acceptors (Lipinski definition) is 3. The van der Waals surface area contributed by atoms with Crippen molar-refractivity contribution in [2.75, 3.05) is 11.9 Å². The van der Waals surface area contributed by atoms with E-state index in [-0.39, 0.29) is 0 Å². The molecule has 4 heteroatoms. The maximum Gasteiger partial charge on any atom is 0.129 e. The van der Waals surface area contributed by atoms with Crippen LogP contribution in [0.3, 0.4) is 0 Å². The van der Waals surface area contributed by atoms with Crippen molar-refractivity contribution in [3.05, 3.63) is 23.0 Å². The lowest BCUT2D eigenvalue weighted by Gasteiger charge is -2.40. The molecule has 3 atom stereocenters. The van der Waals surface area contributed by atoms with Gasteiger partial charge in [-0.2, -0.15) is 0 Å². The molecule has 1 saturated heterocycles. The van der Waals surface area contributed by atoms with E-state index >= 15 is 0 Å². The summed E-state index contributed by atoms with van der Waals surface area (Å²) in [4.78, 5) is 4.36. The van der Waals surface area contributed by atoms with Gasteiger partial charge in [-0.05, 0) is 57.2 Å².